The standard InChI is InChI=1S/C14H15F5OS/c1-13(16,17)14(18,19)11(15)8-5-9-21-12(20)10-6-3-2-4-7-10/h2-4,6-7,11H,5,8-9H2,1H3. The zero-order chi connectivity index (χ0) is 16.1. The van der Waals surface area contributed by atoms with Crippen LogP contribution in [0.5, 0.6) is 0 Å². The van der Waals surface area contributed by atoms with Crippen molar-refractivity contribution in [1.29, 1.82) is 0 Å². The number of benzene rings is 1. The van der Waals surface area contributed by atoms with Gasteiger partial charge in [-0.25, -0.2) is 13.2 Å². The number of hydrogen-bond donors (Lipinski definition) is 0. The van der Waals surface area contributed by atoms with Gasteiger partial charge >= 0.3 is 11.8 Å². The third-order valence-corrected chi connectivity index (χ3v) is 3.81. The van der Waals surface area contributed by atoms with Crippen LogP contribution >= 0.6 is 11.8 Å². The van der Waals surface area contributed by atoms with Crippen molar-refractivity contribution < 1.29 is 26.7 Å². The molecule has 0 radical (unpaired) electrons. The van der Waals surface area contributed by atoms with E-state index < -0.39 is 24.4 Å². The van der Waals surface area contributed by atoms with E-state index in [2.05, 4.69) is 0 Å². The van der Waals surface area contributed by atoms with Crippen LogP contribution in [0.25, 0.3) is 0 Å². The number of rotatable bonds is 7. The molecule has 0 aliphatic carbocycles. The van der Waals surface area contributed by atoms with Crippen LogP contribution < -0.4 is 0 Å². The molecule has 0 aromatic heterocycles. The highest BCUT2D eigenvalue weighted by Crippen LogP contribution is 2.39. The van der Waals surface area contributed by atoms with Gasteiger partial charge in [-0.1, -0.05) is 42.1 Å². The first-order valence-electron chi connectivity index (χ1n) is 6.28. The molecule has 1 aromatic carbocycles. The van der Waals surface area contributed by atoms with E-state index in [-0.39, 0.29) is 24.2 Å². The van der Waals surface area contributed by atoms with E-state index in [4.69, 9.17) is 0 Å². The minimum atomic E-state index is -4.69. The Morgan fingerprint density at radius 2 is 1.76 bits per heavy atom. The number of hydrogen-bond acceptors (Lipinski definition) is 2. The summed E-state index contributed by atoms with van der Waals surface area (Å²) in [6.07, 6.45) is -3.73. The van der Waals surface area contributed by atoms with Gasteiger partial charge in [0.15, 0.2) is 6.17 Å². The molecule has 0 bridgehead atoms. The fraction of sp³-hybridized carbons (Fsp3) is 0.500. The maximum absolute atomic E-state index is 13.2. The van der Waals surface area contributed by atoms with Gasteiger partial charge in [0.2, 0.25) is 5.12 Å². The zero-order valence-electron chi connectivity index (χ0n) is 11.3. The highest BCUT2D eigenvalue weighted by molar-refractivity contribution is 8.14. The summed E-state index contributed by atoms with van der Waals surface area (Å²) in [5.41, 5.74) is 0.449. The quantitative estimate of drug-likeness (QED) is 0.520. The number of carbonyl (C=O) groups is 1. The second-order valence-electron chi connectivity index (χ2n) is 4.62. The Labute approximate surface area is 123 Å². The van der Waals surface area contributed by atoms with E-state index in [0.29, 0.717) is 5.56 Å². The summed E-state index contributed by atoms with van der Waals surface area (Å²) in [4.78, 5) is 11.6. The highest BCUT2D eigenvalue weighted by atomic mass is 32.2. The summed E-state index contributed by atoms with van der Waals surface area (Å²) in [6, 6.07) is 8.28. The minimum absolute atomic E-state index is 0.00669. The first kappa shape index (κ1) is 17.9. The molecule has 0 fully saturated rings. The van der Waals surface area contributed by atoms with Crippen LogP contribution in [-0.2, 0) is 0 Å². The van der Waals surface area contributed by atoms with Gasteiger partial charge in [0.1, 0.15) is 0 Å². The Morgan fingerprint density at radius 1 is 1.19 bits per heavy atom. The topological polar surface area (TPSA) is 17.1 Å². The second kappa shape index (κ2) is 7.24. The number of halogens is 5. The lowest BCUT2D eigenvalue weighted by Gasteiger charge is -2.26. The number of alkyl halides is 5. The molecule has 0 aliphatic rings. The molecule has 0 amide bonds. The van der Waals surface area contributed by atoms with E-state index >= 15 is 0 Å². The number of carbonyl (C=O) groups excluding carboxylic acids is 1. The van der Waals surface area contributed by atoms with E-state index in [1.165, 1.54) is 0 Å². The molecule has 0 spiro atoms. The third kappa shape index (κ3) is 4.98. The Kier molecular flexibility index (Phi) is 6.19. The van der Waals surface area contributed by atoms with Crippen molar-refractivity contribution >= 4 is 16.9 Å². The maximum atomic E-state index is 13.2. The third-order valence-electron chi connectivity index (χ3n) is 2.82. The Balaban J connectivity index is 2.36. The SMILES string of the molecule is CC(F)(F)C(F)(F)C(F)CCCSC(=O)c1ccccc1. The average Bonchev–Trinajstić information content (AvgIpc) is 2.42. The van der Waals surface area contributed by atoms with Crippen LogP contribution in [0, 0.1) is 0 Å². The average molecular weight is 326 g/mol. The van der Waals surface area contributed by atoms with Gasteiger partial charge in [-0.3, -0.25) is 4.79 Å². The second-order valence-corrected chi connectivity index (χ2v) is 5.69. The van der Waals surface area contributed by atoms with E-state index in [1.54, 1.807) is 30.3 Å². The Bertz CT molecular complexity index is 458. The molecule has 0 heterocycles. The van der Waals surface area contributed by atoms with Crippen molar-refractivity contribution in [2.45, 2.75) is 37.8 Å². The molecule has 1 rings (SSSR count). The minimum Gasteiger partial charge on any atom is -0.282 e. The van der Waals surface area contributed by atoms with Crippen LogP contribution in [0.2, 0.25) is 0 Å². The van der Waals surface area contributed by atoms with Gasteiger partial charge in [-0.15, -0.1) is 0 Å². The van der Waals surface area contributed by atoms with Crippen LogP contribution in [0.15, 0.2) is 30.3 Å². The molecule has 0 aliphatic heterocycles. The van der Waals surface area contributed by atoms with E-state index in [9.17, 15) is 26.7 Å². The van der Waals surface area contributed by atoms with Crippen molar-refractivity contribution in [2.75, 3.05) is 5.75 Å². The first-order chi connectivity index (χ1) is 9.66. The van der Waals surface area contributed by atoms with Gasteiger partial charge in [0.05, 0.1) is 0 Å². The lowest BCUT2D eigenvalue weighted by atomic mass is 10.0. The van der Waals surface area contributed by atoms with Crippen LogP contribution in [-0.4, -0.2) is 28.9 Å². The molecule has 118 valence electrons. The predicted molar refractivity (Wildman–Crippen MR) is 72.9 cm³/mol. The summed E-state index contributed by atoms with van der Waals surface area (Å²) in [6.45, 7) is -0.00669. The van der Waals surface area contributed by atoms with Crippen molar-refractivity contribution in [1.82, 2.24) is 0 Å². The zero-order valence-corrected chi connectivity index (χ0v) is 12.1. The number of thioether (sulfide) groups is 1. The van der Waals surface area contributed by atoms with Crippen molar-refractivity contribution in [3.05, 3.63) is 35.9 Å². The van der Waals surface area contributed by atoms with Gasteiger partial charge < -0.3 is 0 Å². The summed E-state index contributed by atoms with van der Waals surface area (Å²) < 4.78 is 64.3. The Hall–Kier alpha value is -1.11. The van der Waals surface area contributed by atoms with Crippen LogP contribution in [0.1, 0.15) is 30.1 Å². The van der Waals surface area contributed by atoms with Crippen molar-refractivity contribution in [2.24, 2.45) is 0 Å². The molecule has 1 unspecified atom stereocenters. The molecule has 0 saturated carbocycles. The fourth-order valence-corrected chi connectivity index (χ4v) is 2.34. The molecular formula is C14H15F5OS. The van der Waals surface area contributed by atoms with E-state index in [1.807, 2.05) is 0 Å². The van der Waals surface area contributed by atoms with E-state index in [0.717, 1.165) is 11.8 Å². The summed E-state index contributed by atoms with van der Waals surface area (Å²) in [7, 11) is 0. The first-order valence-corrected chi connectivity index (χ1v) is 7.26. The molecular weight excluding hydrogens is 311 g/mol. The largest absolute Gasteiger partial charge is 0.340 e. The molecule has 0 N–H and O–H groups in total. The molecule has 1 nitrogen and oxygen atoms in total. The normalized spacial score (nSPS) is 14.0. The lowest BCUT2D eigenvalue weighted by Crippen LogP contribution is -2.45. The van der Waals surface area contributed by atoms with Gasteiger partial charge in [-0.2, -0.15) is 8.78 Å². The van der Waals surface area contributed by atoms with Crippen molar-refractivity contribution in [3.8, 4) is 0 Å². The lowest BCUT2D eigenvalue weighted by molar-refractivity contribution is -0.230. The molecule has 7 heteroatoms. The summed E-state index contributed by atoms with van der Waals surface area (Å²) >= 11 is 0.852. The summed E-state index contributed by atoms with van der Waals surface area (Å²) in [5.74, 6) is -9.00. The molecule has 21 heavy (non-hydrogen) atoms. The predicted octanol–water partition coefficient (Wildman–Crippen LogP) is 4.97. The fourth-order valence-electron chi connectivity index (χ4n) is 1.54. The smallest absolute Gasteiger partial charge is 0.282 e. The van der Waals surface area contributed by atoms with Gasteiger partial charge in [0.25, 0.3) is 0 Å². The van der Waals surface area contributed by atoms with Crippen LogP contribution in [0.3, 0.4) is 0 Å². The van der Waals surface area contributed by atoms with Crippen molar-refractivity contribution in [3.63, 3.8) is 0 Å². The highest BCUT2D eigenvalue weighted by Gasteiger charge is 2.58. The summed E-state index contributed by atoms with van der Waals surface area (Å²) in [5, 5.41) is -0.265. The monoisotopic (exact) mass is 326 g/mol. The Morgan fingerprint density at radius 3 is 2.29 bits per heavy atom. The molecule has 1 aromatic rings. The van der Waals surface area contributed by atoms with Gasteiger partial charge in [0, 0.05) is 18.2 Å². The van der Waals surface area contributed by atoms with Crippen LogP contribution in [0.4, 0.5) is 22.0 Å². The molecule has 1 atom stereocenters. The van der Waals surface area contributed by atoms with Gasteiger partial charge in [-0.05, 0) is 12.8 Å². The maximum Gasteiger partial charge on any atom is 0.340 e. The molecule has 0 saturated heterocycles.